The van der Waals surface area contributed by atoms with Gasteiger partial charge in [-0.05, 0) is 30.5 Å². The Kier molecular flexibility index (Phi) is 4.54. The first kappa shape index (κ1) is 13.2. The van der Waals surface area contributed by atoms with Crippen molar-refractivity contribution in [2.24, 2.45) is 0 Å². The first-order valence-corrected chi connectivity index (χ1v) is 6.71. The van der Waals surface area contributed by atoms with Crippen LogP contribution in [0.15, 0.2) is 24.3 Å². The number of phosphoric ester groups is 1. The molecule has 0 aliphatic rings. The van der Waals surface area contributed by atoms with Gasteiger partial charge in [-0.1, -0.05) is 26.0 Å². The fourth-order valence-corrected chi connectivity index (χ4v) is 2.00. The van der Waals surface area contributed by atoms with E-state index < -0.39 is 7.82 Å². The van der Waals surface area contributed by atoms with E-state index >= 15 is 0 Å². The molecule has 0 radical (unpaired) electrons. The van der Waals surface area contributed by atoms with Gasteiger partial charge in [0.2, 0.25) is 0 Å². The Hall–Kier alpha value is -0.830. The highest BCUT2D eigenvalue weighted by molar-refractivity contribution is 7.47. The molecule has 90 valence electrons. The molecule has 0 saturated carbocycles. The number of phosphoric acid groups is 1. The summed E-state index contributed by atoms with van der Waals surface area (Å²) in [6, 6.07) is 7.06. The van der Waals surface area contributed by atoms with E-state index in [1.54, 1.807) is 19.1 Å². The summed E-state index contributed by atoms with van der Waals surface area (Å²) in [5.41, 5.74) is 1.15. The number of hydrogen-bond acceptors (Lipinski definition) is 3. The van der Waals surface area contributed by atoms with Crippen LogP contribution in [-0.4, -0.2) is 11.5 Å². The van der Waals surface area contributed by atoms with Crippen LogP contribution in [0.25, 0.3) is 0 Å². The molecule has 0 amide bonds. The molecule has 0 bridgehead atoms. The van der Waals surface area contributed by atoms with Gasteiger partial charge in [0.1, 0.15) is 5.75 Å². The Morgan fingerprint density at radius 2 is 1.88 bits per heavy atom. The minimum Gasteiger partial charge on any atom is -0.404 e. The van der Waals surface area contributed by atoms with E-state index in [0.29, 0.717) is 11.7 Å². The van der Waals surface area contributed by atoms with Crippen molar-refractivity contribution in [3.63, 3.8) is 0 Å². The van der Waals surface area contributed by atoms with E-state index in [4.69, 9.17) is 4.52 Å². The van der Waals surface area contributed by atoms with Crippen molar-refractivity contribution in [3.8, 4) is 5.75 Å². The van der Waals surface area contributed by atoms with Gasteiger partial charge < -0.3 is 4.52 Å². The fraction of sp³-hybridized carbons (Fsp3) is 0.455. The highest BCUT2D eigenvalue weighted by Crippen LogP contribution is 2.43. The molecule has 0 aromatic heterocycles. The third kappa shape index (κ3) is 3.97. The highest BCUT2D eigenvalue weighted by atomic mass is 31.2. The van der Waals surface area contributed by atoms with Crippen LogP contribution in [0.5, 0.6) is 5.75 Å². The van der Waals surface area contributed by atoms with Crippen LogP contribution in [-0.2, 0) is 9.09 Å². The summed E-state index contributed by atoms with van der Waals surface area (Å²) in [6.45, 7) is 5.92. The first-order chi connectivity index (χ1) is 7.44. The number of rotatable bonds is 5. The summed E-state index contributed by atoms with van der Waals surface area (Å²) >= 11 is 0. The standard InChI is InChI=1S/C11H17O4P/c1-4-14-16(12,13)15-11-7-5-10(6-8-11)9(2)3/h5-9H,4H2,1-3H3,(H,12,13). The topological polar surface area (TPSA) is 55.8 Å². The lowest BCUT2D eigenvalue weighted by Crippen LogP contribution is -1.97. The molecule has 1 rings (SSSR count). The van der Waals surface area contributed by atoms with Crippen LogP contribution in [0, 0.1) is 0 Å². The van der Waals surface area contributed by atoms with Crippen molar-refractivity contribution in [1.29, 1.82) is 0 Å². The Morgan fingerprint density at radius 1 is 1.31 bits per heavy atom. The molecular formula is C11H17O4P. The second-order valence-electron chi connectivity index (χ2n) is 3.70. The van der Waals surface area contributed by atoms with Crippen molar-refractivity contribution < 1.29 is 18.5 Å². The van der Waals surface area contributed by atoms with Crippen molar-refractivity contribution >= 4 is 7.82 Å². The maximum atomic E-state index is 11.3. The van der Waals surface area contributed by atoms with E-state index in [-0.39, 0.29) is 6.61 Å². The first-order valence-electron chi connectivity index (χ1n) is 5.21. The van der Waals surface area contributed by atoms with Crippen LogP contribution >= 0.6 is 7.82 Å². The number of hydrogen-bond donors (Lipinski definition) is 1. The van der Waals surface area contributed by atoms with Gasteiger partial charge in [-0.15, -0.1) is 0 Å². The lowest BCUT2D eigenvalue weighted by molar-refractivity contribution is 0.213. The van der Waals surface area contributed by atoms with Gasteiger partial charge in [-0.3, -0.25) is 9.42 Å². The maximum Gasteiger partial charge on any atom is 0.527 e. The van der Waals surface area contributed by atoms with Gasteiger partial charge in [0, 0.05) is 0 Å². The van der Waals surface area contributed by atoms with Crippen LogP contribution in [0.3, 0.4) is 0 Å². The SMILES string of the molecule is CCOP(=O)(O)Oc1ccc(C(C)C)cc1. The lowest BCUT2D eigenvalue weighted by Gasteiger charge is -2.12. The van der Waals surface area contributed by atoms with Gasteiger partial charge in [0.25, 0.3) is 0 Å². The zero-order valence-electron chi connectivity index (χ0n) is 9.71. The Labute approximate surface area is 95.8 Å². The molecule has 1 aromatic carbocycles. The Bertz CT molecular complexity index is 372. The summed E-state index contributed by atoms with van der Waals surface area (Å²) in [6.07, 6.45) is 0. The van der Waals surface area contributed by atoms with Crippen LogP contribution in [0.1, 0.15) is 32.3 Å². The average molecular weight is 244 g/mol. The molecule has 0 fully saturated rings. The van der Waals surface area contributed by atoms with E-state index in [9.17, 15) is 9.46 Å². The molecular weight excluding hydrogens is 227 g/mol. The molecule has 1 N–H and O–H groups in total. The third-order valence-electron chi connectivity index (χ3n) is 2.06. The summed E-state index contributed by atoms with van der Waals surface area (Å²) < 4.78 is 20.8. The smallest absolute Gasteiger partial charge is 0.404 e. The minimum atomic E-state index is -3.95. The second kappa shape index (κ2) is 5.48. The zero-order valence-corrected chi connectivity index (χ0v) is 10.6. The van der Waals surface area contributed by atoms with Gasteiger partial charge >= 0.3 is 7.82 Å². The molecule has 0 saturated heterocycles. The predicted molar refractivity (Wildman–Crippen MR) is 62.6 cm³/mol. The van der Waals surface area contributed by atoms with Crippen molar-refractivity contribution in [3.05, 3.63) is 29.8 Å². The highest BCUT2D eigenvalue weighted by Gasteiger charge is 2.21. The van der Waals surface area contributed by atoms with Crippen LogP contribution < -0.4 is 4.52 Å². The van der Waals surface area contributed by atoms with E-state index in [1.807, 2.05) is 12.1 Å². The van der Waals surface area contributed by atoms with Crippen LogP contribution in [0.2, 0.25) is 0 Å². The third-order valence-corrected chi connectivity index (χ3v) is 3.09. The lowest BCUT2D eigenvalue weighted by atomic mass is 10.0. The molecule has 1 atom stereocenters. The second-order valence-corrected chi connectivity index (χ2v) is 5.08. The van der Waals surface area contributed by atoms with E-state index in [2.05, 4.69) is 18.4 Å². The molecule has 1 unspecified atom stereocenters. The molecule has 0 heterocycles. The Balaban J connectivity index is 2.72. The minimum absolute atomic E-state index is 0.137. The predicted octanol–water partition coefficient (Wildman–Crippen LogP) is 3.33. The number of benzene rings is 1. The zero-order chi connectivity index (χ0) is 12.2. The normalized spacial score (nSPS) is 14.8. The largest absolute Gasteiger partial charge is 0.527 e. The molecule has 16 heavy (non-hydrogen) atoms. The summed E-state index contributed by atoms with van der Waals surface area (Å²) in [4.78, 5) is 9.26. The van der Waals surface area contributed by atoms with Gasteiger partial charge in [0.15, 0.2) is 0 Å². The quantitative estimate of drug-likeness (QED) is 0.807. The van der Waals surface area contributed by atoms with Crippen molar-refractivity contribution in [2.75, 3.05) is 6.61 Å². The summed E-state index contributed by atoms with van der Waals surface area (Å²) in [7, 11) is -3.95. The molecule has 0 aliphatic heterocycles. The molecule has 0 spiro atoms. The van der Waals surface area contributed by atoms with Crippen molar-refractivity contribution in [2.45, 2.75) is 26.7 Å². The Morgan fingerprint density at radius 3 is 2.31 bits per heavy atom. The van der Waals surface area contributed by atoms with E-state index in [1.165, 1.54) is 0 Å². The van der Waals surface area contributed by atoms with Gasteiger partial charge in [0.05, 0.1) is 6.61 Å². The molecule has 4 nitrogen and oxygen atoms in total. The molecule has 0 aliphatic carbocycles. The molecule has 5 heteroatoms. The summed E-state index contributed by atoms with van der Waals surface area (Å²) in [5, 5.41) is 0. The van der Waals surface area contributed by atoms with Gasteiger partial charge in [-0.2, -0.15) is 0 Å². The maximum absolute atomic E-state index is 11.3. The van der Waals surface area contributed by atoms with Crippen LogP contribution in [0.4, 0.5) is 0 Å². The molecule has 1 aromatic rings. The fourth-order valence-electron chi connectivity index (χ4n) is 1.24. The average Bonchev–Trinajstić information content (AvgIpc) is 2.17. The monoisotopic (exact) mass is 244 g/mol. The summed E-state index contributed by atoms with van der Waals surface area (Å²) in [5.74, 6) is 0.755. The van der Waals surface area contributed by atoms with Gasteiger partial charge in [-0.25, -0.2) is 4.57 Å². The van der Waals surface area contributed by atoms with E-state index in [0.717, 1.165) is 5.56 Å². The van der Waals surface area contributed by atoms with Crippen molar-refractivity contribution in [1.82, 2.24) is 0 Å².